The van der Waals surface area contributed by atoms with Gasteiger partial charge in [-0.3, -0.25) is 9.59 Å². The van der Waals surface area contributed by atoms with Crippen LogP contribution in [0, 0.1) is 11.7 Å². The Bertz CT molecular complexity index is 1110. The average Bonchev–Trinajstić information content (AvgIpc) is 3.38. The second-order valence-electron chi connectivity index (χ2n) is 8.11. The van der Waals surface area contributed by atoms with Crippen LogP contribution in [0.5, 0.6) is 0 Å². The van der Waals surface area contributed by atoms with Crippen LogP contribution in [0.2, 0.25) is 0 Å². The van der Waals surface area contributed by atoms with Gasteiger partial charge in [-0.25, -0.2) is 4.39 Å². The molecular weight excluding hydrogens is 397 g/mol. The topological polar surface area (TPSA) is 66.7 Å². The number of benzene rings is 2. The molecule has 1 aromatic heterocycles. The first-order valence-electron chi connectivity index (χ1n) is 10.4. The van der Waals surface area contributed by atoms with Crippen LogP contribution in [-0.4, -0.2) is 39.9 Å². The van der Waals surface area contributed by atoms with E-state index in [1.807, 2.05) is 30.3 Å². The van der Waals surface area contributed by atoms with Gasteiger partial charge in [-0.1, -0.05) is 35.5 Å². The van der Waals surface area contributed by atoms with Crippen molar-refractivity contribution in [1.29, 1.82) is 0 Å². The van der Waals surface area contributed by atoms with E-state index >= 15 is 0 Å². The fourth-order valence-electron chi connectivity index (χ4n) is 4.40. The van der Waals surface area contributed by atoms with Gasteiger partial charge in [-0.15, -0.1) is 0 Å². The molecule has 158 valence electrons. The van der Waals surface area contributed by atoms with Crippen molar-refractivity contribution in [2.45, 2.75) is 25.9 Å². The molecule has 7 heteroatoms. The van der Waals surface area contributed by atoms with Crippen molar-refractivity contribution in [2.75, 3.05) is 13.1 Å². The summed E-state index contributed by atoms with van der Waals surface area (Å²) in [5, 5.41) is 4.16. The number of hydrogen-bond acceptors (Lipinski definition) is 4. The summed E-state index contributed by atoms with van der Waals surface area (Å²) in [6.45, 7) is 1.88. The highest BCUT2D eigenvalue weighted by molar-refractivity contribution is 5.89. The molecule has 0 spiro atoms. The van der Waals surface area contributed by atoms with Crippen LogP contribution in [0.25, 0.3) is 11.3 Å². The van der Waals surface area contributed by atoms with E-state index in [1.165, 1.54) is 12.1 Å². The van der Waals surface area contributed by atoms with E-state index in [1.54, 1.807) is 21.9 Å². The molecule has 0 bridgehead atoms. The van der Waals surface area contributed by atoms with E-state index in [9.17, 15) is 14.0 Å². The van der Waals surface area contributed by atoms with Crippen LogP contribution < -0.4 is 0 Å². The number of hydrogen-bond donors (Lipinski definition) is 0. The first-order valence-corrected chi connectivity index (χ1v) is 10.4. The Morgan fingerprint density at radius 2 is 1.90 bits per heavy atom. The predicted octanol–water partition coefficient (Wildman–Crippen LogP) is 3.41. The molecule has 3 aromatic rings. The molecule has 31 heavy (non-hydrogen) atoms. The number of amides is 2. The molecule has 1 fully saturated rings. The molecule has 0 N–H and O–H groups in total. The summed E-state index contributed by atoms with van der Waals surface area (Å²) >= 11 is 0. The number of likely N-dealkylation sites (tertiary alicyclic amines) is 1. The lowest BCUT2D eigenvalue weighted by atomic mass is 9.99. The first-order chi connectivity index (χ1) is 15.1. The number of rotatable bonds is 4. The molecule has 1 saturated heterocycles. The molecular formula is C24H22FN3O3. The van der Waals surface area contributed by atoms with Crippen molar-refractivity contribution in [2.24, 2.45) is 5.92 Å². The van der Waals surface area contributed by atoms with Gasteiger partial charge in [0.05, 0.1) is 12.5 Å². The van der Waals surface area contributed by atoms with Crippen molar-refractivity contribution >= 4 is 11.8 Å². The second kappa shape index (κ2) is 7.98. The lowest BCUT2D eigenvalue weighted by molar-refractivity contribution is -0.136. The summed E-state index contributed by atoms with van der Waals surface area (Å²) in [6, 6.07) is 15.9. The third-order valence-electron chi connectivity index (χ3n) is 6.04. The number of carbonyl (C=O) groups excluding carboxylic acids is 2. The number of carbonyl (C=O) groups is 2. The molecule has 3 heterocycles. The minimum absolute atomic E-state index is 0.0131. The van der Waals surface area contributed by atoms with Crippen LogP contribution >= 0.6 is 0 Å². The minimum Gasteiger partial charge on any atom is -0.356 e. The Labute approximate surface area is 179 Å². The number of nitrogens with zero attached hydrogens (tertiary/aromatic N) is 3. The molecule has 1 unspecified atom stereocenters. The summed E-state index contributed by atoms with van der Waals surface area (Å²) in [7, 11) is 0. The molecule has 2 aliphatic rings. The van der Waals surface area contributed by atoms with Gasteiger partial charge in [0.15, 0.2) is 5.76 Å². The SMILES string of the molecule is O=C1CC(C(=O)N2CCc3c(noc3-c3ccc(F)cc3)C2)CN1Cc1ccccc1. The zero-order valence-corrected chi connectivity index (χ0v) is 17.0. The summed E-state index contributed by atoms with van der Waals surface area (Å²) in [4.78, 5) is 29.1. The molecule has 2 aromatic carbocycles. The Morgan fingerprint density at radius 3 is 2.68 bits per heavy atom. The molecule has 2 aliphatic heterocycles. The smallest absolute Gasteiger partial charge is 0.228 e. The van der Waals surface area contributed by atoms with Crippen LogP contribution in [-0.2, 0) is 29.1 Å². The van der Waals surface area contributed by atoms with Gasteiger partial charge in [-0.05, 0) is 36.2 Å². The highest BCUT2D eigenvalue weighted by atomic mass is 19.1. The van der Waals surface area contributed by atoms with Crippen LogP contribution in [0.3, 0.4) is 0 Å². The van der Waals surface area contributed by atoms with Gasteiger partial charge >= 0.3 is 0 Å². The number of halogens is 1. The number of fused-ring (bicyclic) bond motifs is 1. The minimum atomic E-state index is -0.332. The molecule has 0 aliphatic carbocycles. The van der Waals surface area contributed by atoms with E-state index in [0.717, 1.165) is 22.4 Å². The average molecular weight is 419 g/mol. The lowest BCUT2D eigenvalue weighted by Gasteiger charge is -2.28. The molecule has 2 amide bonds. The Kier molecular flexibility index (Phi) is 5.02. The van der Waals surface area contributed by atoms with Crippen molar-refractivity contribution < 1.29 is 18.5 Å². The predicted molar refractivity (Wildman–Crippen MR) is 111 cm³/mol. The van der Waals surface area contributed by atoms with E-state index in [4.69, 9.17) is 4.52 Å². The molecule has 5 rings (SSSR count). The zero-order valence-electron chi connectivity index (χ0n) is 17.0. The van der Waals surface area contributed by atoms with Crippen LogP contribution in [0.15, 0.2) is 59.1 Å². The number of aromatic nitrogens is 1. The Hall–Kier alpha value is -3.48. The normalized spacial score (nSPS) is 18.4. The largest absolute Gasteiger partial charge is 0.356 e. The third kappa shape index (κ3) is 3.83. The van der Waals surface area contributed by atoms with E-state index < -0.39 is 0 Å². The fraction of sp³-hybridized carbons (Fsp3) is 0.292. The Morgan fingerprint density at radius 1 is 1.13 bits per heavy atom. The highest BCUT2D eigenvalue weighted by Crippen LogP contribution is 2.32. The zero-order chi connectivity index (χ0) is 21.4. The lowest BCUT2D eigenvalue weighted by Crippen LogP contribution is -2.40. The maximum absolute atomic E-state index is 13.2. The van der Waals surface area contributed by atoms with E-state index in [2.05, 4.69) is 5.16 Å². The second-order valence-corrected chi connectivity index (χ2v) is 8.11. The van der Waals surface area contributed by atoms with Crippen molar-refractivity contribution in [3.05, 3.63) is 77.2 Å². The van der Waals surface area contributed by atoms with Crippen LogP contribution in [0.1, 0.15) is 23.2 Å². The first kappa shape index (κ1) is 19.5. The van der Waals surface area contributed by atoms with Gasteiger partial charge in [0.2, 0.25) is 11.8 Å². The molecule has 1 atom stereocenters. The Balaban J connectivity index is 1.26. The molecule has 0 saturated carbocycles. The summed E-state index contributed by atoms with van der Waals surface area (Å²) in [6.07, 6.45) is 0.861. The van der Waals surface area contributed by atoms with Crippen LogP contribution in [0.4, 0.5) is 4.39 Å². The summed E-state index contributed by atoms with van der Waals surface area (Å²) < 4.78 is 18.7. The van der Waals surface area contributed by atoms with Crippen molar-refractivity contribution in [3.8, 4) is 11.3 Å². The van der Waals surface area contributed by atoms with Gasteiger partial charge in [0, 0.05) is 37.2 Å². The third-order valence-corrected chi connectivity index (χ3v) is 6.04. The van der Waals surface area contributed by atoms with Crippen molar-refractivity contribution in [3.63, 3.8) is 0 Å². The quantitative estimate of drug-likeness (QED) is 0.650. The maximum atomic E-state index is 13.2. The van der Waals surface area contributed by atoms with Gasteiger partial charge in [0.1, 0.15) is 11.5 Å². The van der Waals surface area contributed by atoms with Gasteiger partial charge in [0.25, 0.3) is 0 Å². The fourth-order valence-corrected chi connectivity index (χ4v) is 4.40. The van der Waals surface area contributed by atoms with Crippen molar-refractivity contribution in [1.82, 2.24) is 15.0 Å². The summed E-state index contributed by atoms with van der Waals surface area (Å²) in [5.41, 5.74) is 3.52. The monoisotopic (exact) mass is 419 g/mol. The highest BCUT2D eigenvalue weighted by Gasteiger charge is 2.38. The summed E-state index contributed by atoms with van der Waals surface area (Å²) in [5.74, 6) is -0.00411. The molecule has 6 nitrogen and oxygen atoms in total. The standard InChI is InChI=1S/C24H22FN3O3/c25-19-8-6-17(7-9-19)23-20-10-11-27(15-21(20)26-31-23)24(30)18-12-22(29)28(14-18)13-16-4-2-1-3-5-16/h1-9,18H,10-15H2. The maximum Gasteiger partial charge on any atom is 0.228 e. The van der Waals surface area contributed by atoms with E-state index in [0.29, 0.717) is 38.4 Å². The van der Waals surface area contributed by atoms with Gasteiger partial charge < -0.3 is 14.3 Å². The van der Waals surface area contributed by atoms with E-state index in [-0.39, 0.29) is 30.0 Å². The van der Waals surface area contributed by atoms with Gasteiger partial charge in [-0.2, -0.15) is 0 Å². The molecule has 0 radical (unpaired) electrons.